The van der Waals surface area contributed by atoms with Gasteiger partial charge in [0, 0.05) is 18.9 Å². The molecule has 0 fully saturated rings. The summed E-state index contributed by atoms with van der Waals surface area (Å²) in [6.45, 7) is 5.07. The van der Waals surface area contributed by atoms with Gasteiger partial charge in [-0.25, -0.2) is 0 Å². The van der Waals surface area contributed by atoms with Gasteiger partial charge in [-0.05, 0) is 13.3 Å². The van der Waals surface area contributed by atoms with Crippen molar-refractivity contribution in [2.75, 3.05) is 0 Å². The molecule has 3 heteroatoms. The van der Waals surface area contributed by atoms with E-state index in [1.165, 1.54) is 6.92 Å². The van der Waals surface area contributed by atoms with E-state index in [1.807, 2.05) is 6.92 Å². The van der Waals surface area contributed by atoms with E-state index in [2.05, 4.69) is 0 Å². The summed E-state index contributed by atoms with van der Waals surface area (Å²) in [6, 6.07) is 0. The Hall–Kier alpha value is -0.830. The Balaban J connectivity index is 2.84. The molecule has 0 aromatic rings. The van der Waals surface area contributed by atoms with Gasteiger partial charge >= 0.3 is 0 Å². The summed E-state index contributed by atoms with van der Waals surface area (Å²) in [5, 5.41) is 9.42. The first-order valence-corrected chi connectivity index (χ1v) is 4.15. The molecule has 1 N–H and O–H groups in total. The summed E-state index contributed by atoms with van der Waals surface area (Å²) in [5.41, 5.74) is 0.557. The maximum atomic E-state index is 11.3. The van der Waals surface area contributed by atoms with Gasteiger partial charge in [0.05, 0.1) is 0 Å². The third-order valence-corrected chi connectivity index (χ3v) is 1.98. The van der Waals surface area contributed by atoms with Gasteiger partial charge in [0.1, 0.15) is 5.76 Å². The van der Waals surface area contributed by atoms with Crippen molar-refractivity contribution in [3.05, 3.63) is 11.3 Å². The van der Waals surface area contributed by atoms with Gasteiger partial charge in [0.2, 0.25) is 5.78 Å². The van der Waals surface area contributed by atoms with E-state index in [-0.39, 0.29) is 5.78 Å². The summed E-state index contributed by atoms with van der Waals surface area (Å²) < 4.78 is 5.10. The minimum absolute atomic E-state index is 0.314. The summed E-state index contributed by atoms with van der Waals surface area (Å²) >= 11 is 0. The zero-order chi connectivity index (χ0) is 9.35. The van der Waals surface area contributed by atoms with E-state index < -0.39 is 5.79 Å². The van der Waals surface area contributed by atoms with Crippen LogP contribution in [0.15, 0.2) is 11.3 Å². The molecule has 1 aliphatic rings. The molecule has 12 heavy (non-hydrogen) atoms. The van der Waals surface area contributed by atoms with Crippen LogP contribution in [-0.4, -0.2) is 16.7 Å². The van der Waals surface area contributed by atoms with Crippen molar-refractivity contribution in [2.24, 2.45) is 0 Å². The highest BCUT2D eigenvalue weighted by Gasteiger charge is 2.41. The van der Waals surface area contributed by atoms with Gasteiger partial charge < -0.3 is 9.84 Å². The van der Waals surface area contributed by atoms with Crippen LogP contribution in [0.2, 0.25) is 0 Å². The van der Waals surface area contributed by atoms with Crippen LogP contribution in [0.1, 0.15) is 33.6 Å². The van der Waals surface area contributed by atoms with Crippen molar-refractivity contribution < 1.29 is 14.6 Å². The average Bonchev–Trinajstić information content (AvgIpc) is 2.16. The smallest absolute Gasteiger partial charge is 0.269 e. The minimum Gasteiger partial charge on any atom is -0.459 e. The highest BCUT2D eigenvalue weighted by molar-refractivity contribution is 6.02. The maximum absolute atomic E-state index is 11.3. The lowest BCUT2D eigenvalue weighted by molar-refractivity contribution is -0.170. The molecule has 0 aromatic heterocycles. The topological polar surface area (TPSA) is 46.5 Å². The molecule has 3 nitrogen and oxygen atoms in total. The van der Waals surface area contributed by atoms with Crippen molar-refractivity contribution in [1.29, 1.82) is 0 Å². The zero-order valence-corrected chi connectivity index (χ0v) is 7.68. The quantitative estimate of drug-likeness (QED) is 0.680. The van der Waals surface area contributed by atoms with E-state index in [1.54, 1.807) is 6.92 Å². The van der Waals surface area contributed by atoms with Crippen LogP contribution < -0.4 is 0 Å². The molecule has 0 aliphatic carbocycles. The molecule has 0 amide bonds. The second-order valence-corrected chi connectivity index (χ2v) is 3.21. The molecule has 1 rings (SSSR count). The molecule has 0 saturated carbocycles. The monoisotopic (exact) mass is 170 g/mol. The molecule has 0 saturated heterocycles. The average molecular weight is 170 g/mol. The number of rotatable bonds is 2. The Morgan fingerprint density at radius 3 is 2.50 bits per heavy atom. The lowest BCUT2D eigenvalue weighted by atomic mass is 10.1. The fourth-order valence-electron chi connectivity index (χ4n) is 1.30. The van der Waals surface area contributed by atoms with Gasteiger partial charge in [-0.2, -0.15) is 0 Å². The Bertz CT molecular complexity index is 238. The predicted octanol–water partition coefficient (Wildman–Crippen LogP) is 1.37. The lowest BCUT2D eigenvalue weighted by Crippen LogP contribution is -2.32. The third kappa shape index (κ3) is 1.37. The molecular weight excluding hydrogens is 156 g/mol. The SMILES string of the molecule is CCCC1=C(C)C(=O)C(C)(O)O1. The predicted molar refractivity (Wildman–Crippen MR) is 44.3 cm³/mol. The maximum Gasteiger partial charge on any atom is 0.269 e. The fourth-order valence-corrected chi connectivity index (χ4v) is 1.30. The Labute approximate surface area is 72.0 Å². The van der Waals surface area contributed by atoms with Crippen molar-refractivity contribution in [2.45, 2.75) is 39.4 Å². The van der Waals surface area contributed by atoms with E-state index in [9.17, 15) is 9.90 Å². The number of aliphatic hydroxyl groups is 1. The van der Waals surface area contributed by atoms with Crippen LogP contribution in [0.4, 0.5) is 0 Å². The number of hydrogen-bond acceptors (Lipinski definition) is 3. The van der Waals surface area contributed by atoms with Crippen LogP contribution in [-0.2, 0) is 9.53 Å². The Morgan fingerprint density at radius 2 is 2.17 bits per heavy atom. The number of ether oxygens (including phenoxy) is 1. The highest BCUT2D eigenvalue weighted by atomic mass is 16.6. The van der Waals surface area contributed by atoms with Gasteiger partial charge in [0.15, 0.2) is 0 Å². The van der Waals surface area contributed by atoms with Crippen molar-refractivity contribution in [3.8, 4) is 0 Å². The van der Waals surface area contributed by atoms with E-state index in [0.29, 0.717) is 17.8 Å². The van der Waals surface area contributed by atoms with Gasteiger partial charge in [-0.1, -0.05) is 6.92 Å². The van der Waals surface area contributed by atoms with Crippen LogP contribution >= 0.6 is 0 Å². The first-order valence-electron chi connectivity index (χ1n) is 4.15. The lowest BCUT2D eigenvalue weighted by Gasteiger charge is -2.15. The second-order valence-electron chi connectivity index (χ2n) is 3.21. The normalized spacial score (nSPS) is 29.5. The number of carbonyl (C=O) groups excluding carboxylic acids is 1. The molecular formula is C9H14O3. The van der Waals surface area contributed by atoms with Crippen LogP contribution in [0.5, 0.6) is 0 Å². The van der Waals surface area contributed by atoms with Crippen molar-refractivity contribution in [3.63, 3.8) is 0 Å². The van der Waals surface area contributed by atoms with Gasteiger partial charge in [-0.15, -0.1) is 0 Å². The second kappa shape index (κ2) is 2.90. The summed E-state index contributed by atoms with van der Waals surface area (Å²) in [4.78, 5) is 11.3. The molecule has 0 spiro atoms. The molecule has 0 aromatic carbocycles. The van der Waals surface area contributed by atoms with Gasteiger partial charge in [0.25, 0.3) is 5.79 Å². The Morgan fingerprint density at radius 1 is 1.58 bits per heavy atom. The molecule has 1 heterocycles. The minimum atomic E-state index is -1.62. The van der Waals surface area contributed by atoms with E-state index in [0.717, 1.165) is 6.42 Å². The van der Waals surface area contributed by atoms with Crippen molar-refractivity contribution in [1.82, 2.24) is 0 Å². The molecule has 0 bridgehead atoms. The first-order chi connectivity index (χ1) is 5.49. The van der Waals surface area contributed by atoms with Gasteiger partial charge in [-0.3, -0.25) is 4.79 Å². The van der Waals surface area contributed by atoms with Crippen molar-refractivity contribution >= 4 is 5.78 Å². The summed E-state index contributed by atoms with van der Waals surface area (Å²) in [6.07, 6.45) is 1.63. The van der Waals surface area contributed by atoms with Crippen LogP contribution in [0.3, 0.4) is 0 Å². The number of hydrogen-bond donors (Lipinski definition) is 1. The van der Waals surface area contributed by atoms with Crippen LogP contribution in [0.25, 0.3) is 0 Å². The molecule has 68 valence electrons. The molecule has 1 aliphatic heterocycles. The number of allylic oxidation sites excluding steroid dienone is 1. The van der Waals surface area contributed by atoms with E-state index in [4.69, 9.17) is 4.74 Å². The number of Topliss-reactive ketones (excluding diaryl/α,β-unsaturated/α-hetero) is 1. The third-order valence-electron chi connectivity index (χ3n) is 1.98. The number of carbonyl (C=O) groups is 1. The largest absolute Gasteiger partial charge is 0.459 e. The number of ketones is 1. The van der Waals surface area contributed by atoms with Crippen LogP contribution in [0, 0.1) is 0 Å². The first kappa shape index (κ1) is 9.26. The van der Waals surface area contributed by atoms with E-state index >= 15 is 0 Å². The fraction of sp³-hybridized carbons (Fsp3) is 0.667. The summed E-state index contributed by atoms with van der Waals surface area (Å²) in [7, 11) is 0. The Kier molecular flexibility index (Phi) is 2.24. The standard InChI is InChI=1S/C9H14O3/c1-4-5-7-6(2)8(10)9(3,11)12-7/h11H,4-5H2,1-3H3. The summed E-state index contributed by atoms with van der Waals surface area (Å²) in [5.74, 6) is -1.30. The highest BCUT2D eigenvalue weighted by Crippen LogP contribution is 2.30. The zero-order valence-electron chi connectivity index (χ0n) is 7.68. The molecule has 1 atom stereocenters. The molecule has 0 radical (unpaired) electrons. The molecule has 1 unspecified atom stereocenters.